The molecule has 84 valence electrons. The van der Waals surface area contributed by atoms with E-state index >= 15 is 0 Å². The van der Waals surface area contributed by atoms with Gasteiger partial charge in [-0.1, -0.05) is 5.16 Å². The molecule has 1 saturated heterocycles. The number of nitrogens with one attached hydrogen (secondary N) is 1. The smallest absolute Gasteiger partial charge is 0.252 e. The van der Waals surface area contributed by atoms with Gasteiger partial charge < -0.3 is 14.6 Å². The molecule has 1 fully saturated rings. The van der Waals surface area contributed by atoms with Crippen molar-refractivity contribution in [2.45, 2.75) is 25.6 Å². The molecule has 1 atom stereocenters. The van der Waals surface area contributed by atoms with Crippen LogP contribution in [0.3, 0.4) is 0 Å². The van der Waals surface area contributed by atoms with Crippen molar-refractivity contribution >= 4 is 11.8 Å². The van der Waals surface area contributed by atoms with E-state index in [-0.39, 0.29) is 0 Å². The monoisotopic (exact) mass is 229 g/mol. The molecule has 2 rings (SSSR count). The van der Waals surface area contributed by atoms with Crippen molar-refractivity contribution in [1.29, 1.82) is 0 Å². The molecule has 0 spiro atoms. The Bertz CT molecular complexity index is 299. The van der Waals surface area contributed by atoms with Crippen molar-refractivity contribution in [2.24, 2.45) is 0 Å². The Labute approximate surface area is 93.0 Å². The van der Waals surface area contributed by atoms with Gasteiger partial charge in [-0.15, -0.1) is 0 Å². The highest BCUT2D eigenvalue weighted by Crippen LogP contribution is 2.17. The zero-order valence-electron chi connectivity index (χ0n) is 8.73. The number of hydrogen-bond donors (Lipinski definition) is 1. The number of hydrogen-bond acceptors (Lipinski definition) is 6. The number of nitrogens with zero attached hydrogens (tertiary/aromatic N) is 2. The van der Waals surface area contributed by atoms with Crippen LogP contribution in [0.2, 0.25) is 0 Å². The van der Waals surface area contributed by atoms with Crippen LogP contribution in [-0.4, -0.2) is 34.8 Å². The largest absolute Gasteiger partial charge is 0.375 e. The van der Waals surface area contributed by atoms with Crippen LogP contribution in [0.15, 0.2) is 4.52 Å². The van der Waals surface area contributed by atoms with Gasteiger partial charge in [0.1, 0.15) is 6.61 Å². The molecule has 0 radical (unpaired) electrons. The first-order valence-corrected chi connectivity index (χ1v) is 6.15. The Morgan fingerprint density at radius 3 is 3.33 bits per heavy atom. The molecule has 5 nitrogen and oxygen atoms in total. The third-order valence-electron chi connectivity index (χ3n) is 2.26. The first-order valence-electron chi connectivity index (χ1n) is 5.00. The Balaban J connectivity index is 1.77. The number of methoxy groups -OCH3 is 1. The SMILES string of the molecule is COCc1nc(CN[C@H]2CCSC2)no1. The number of aromatic nitrogens is 2. The second-order valence-corrected chi connectivity index (χ2v) is 4.63. The minimum Gasteiger partial charge on any atom is -0.375 e. The summed E-state index contributed by atoms with van der Waals surface area (Å²) in [5.74, 6) is 3.68. The summed E-state index contributed by atoms with van der Waals surface area (Å²) in [5, 5.41) is 7.27. The molecule has 1 N–H and O–H groups in total. The van der Waals surface area contributed by atoms with Crippen molar-refractivity contribution < 1.29 is 9.26 Å². The highest BCUT2D eigenvalue weighted by molar-refractivity contribution is 7.99. The average Bonchev–Trinajstić information content (AvgIpc) is 2.85. The molecule has 2 heterocycles. The molecule has 1 aliphatic heterocycles. The highest BCUT2D eigenvalue weighted by Gasteiger charge is 2.15. The van der Waals surface area contributed by atoms with Crippen molar-refractivity contribution in [2.75, 3.05) is 18.6 Å². The molecule has 0 amide bonds. The van der Waals surface area contributed by atoms with Crippen molar-refractivity contribution in [3.63, 3.8) is 0 Å². The summed E-state index contributed by atoms with van der Waals surface area (Å²) >= 11 is 1.98. The summed E-state index contributed by atoms with van der Waals surface area (Å²) in [6.45, 7) is 1.06. The van der Waals surface area contributed by atoms with Gasteiger partial charge in [-0.3, -0.25) is 0 Å². The molecule has 15 heavy (non-hydrogen) atoms. The van der Waals surface area contributed by atoms with Crippen molar-refractivity contribution in [1.82, 2.24) is 15.5 Å². The Hall–Kier alpha value is -0.590. The van der Waals surface area contributed by atoms with Crippen LogP contribution in [0.25, 0.3) is 0 Å². The average molecular weight is 229 g/mol. The van der Waals surface area contributed by atoms with Gasteiger partial charge in [-0.05, 0) is 12.2 Å². The van der Waals surface area contributed by atoms with E-state index in [0.717, 1.165) is 0 Å². The second-order valence-electron chi connectivity index (χ2n) is 3.48. The van der Waals surface area contributed by atoms with Gasteiger partial charge in [-0.2, -0.15) is 16.7 Å². The number of ether oxygens (including phenoxy) is 1. The molecular formula is C9H15N3O2S. The van der Waals surface area contributed by atoms with E-state index in [1.54, 1.807) is 7.11 Å². The van der Waals surface area contributed by atoms with Gasteiger partial charge in [-0.25, -0.2) is 0 Å². The molecule has 0 aromatic carbocycles. The summed E-state index contributed by atoms with van der Waals surface area (Å²) < 4.78 is 9.89. The van der Waals surface area contributed by atoms with E-state index < -0.39 is 0 Å². The van der Waals surface area contributed by atoms with Crippen LogP contribution in [0.5, 0.6) is 0 Å². The first-order chi connectivity index (χ1) is 7.38. The van der Waals surface area contributed by atoms with Gasteiger partial charge in [0.25, 0.3) is 5.89 Å². The van der Waals surface area contributed by atoms with Gasteiger partial charge in [0.15, 0.2) is 5.82 Å². The van der Waals surface area contributed by atoms with Gasteiger partial charge in [0.2, 0.25) is 0 Å². The van der Waals surface area contributed by atoms with Crippen LogP contribution in [0.1, 0.15) is 18.1 Å². The van der Waals surface area contributed by atoms with Crippen LogP contribution in [0, 0.1) is 0 Å². The van der Waals surface area contributed by atoms with Crippen LogP contribution >= 0.6 is 11.8 Å². The third-order valence-corrected chi connectivity index (χ3v) is 3.42. The zero-order valence-corrected chi connectivity index (χ0v) is 9.55. The predicted molar refractivity (Wildman–Crippen MR) is 57.6 cm³/mol. The van der Waals surface area contributed by atoms with Crippen molar-refractivity contribution in [3.05, 3.63) is 11.7 Å². The van der Waals surface area contributed by atoms with Crippen LogP contribution in [0.4, 0.5) is 0 Å². The Kier molecular flexibility index (Phi) is 3.99. The predicted octanol–water partition coefficient (Wildman–Crippen LogP) is 0.811. The van der Waals surface area contributed by atoms with E-state index in [9.17, 15) is 0 Å². The molecule has 0 unspecified atom stereocenters. The minimum atomic E-state index is 0.381. The van der Waals surface area contributed by atoms with E-state index in [1.165, 1.54) is 17.9 Å². The topological polar surface area (TPSA) is 60.2 Å². The quantitative estimate of drug-likeness (QED) is 0.806. The number of rotatable bonds is 5. The first kappa shape index (κ1) is 10.9. The maximum atomic E-state index is 4.99. The molecule has 0 aliphatic carbocycles. The summed E-state index contributed by atoms with van der Waals surface area (Å²) in [7, 11) is 1.61. The van der Waals surface area contributed by atoms with E-state index in [2.05, 4.69) is 15.5 Å². The molecule has 0 bridgehead atoms. The summed E-state index contributed by atoms with van der Waals surface area (Å²) in [6.07, 6.45) is 1.23. The van der Waals surface area contributed by atoms with Crippen LogP contribution < -0.4 is 5.32 Å². The molecule has 6 heteroatoms. The fourth-order valence-corrected chi connectivity index (χ4v) is 2.66. The maximum Gasteiger partial charge on any atom is 0.252 e. The van der Waals surface area contributed by atoms with Gasteiger partial charge in [0.05, 0.1) is 6.54 Å². The lowest BCUT2D eigenvalue weighted by Crippen LogP contribution is -2.28. The fourth-order valence-electron chi connectivity index (χ4n) is 1.48. The van der Waals surface area contributed by atoms with Gasteiger partial charge in [0, 0.05) is 18.9 Å². The molecule has 0 saturated carbocycles. The highest BCUT2D eigenvalue weighted by atomic mass is 32.2. The molecule has 1 aromatic rings. The summed E-state index contributed by atoms with van der Waals surface area (Å²) in [6, 6.07) is 0.597. The number of thioether (sulfide) groups is 1. The van der Waals surface area contributed by atoms with E-state index in [1.807, 2.05) is 11.8 Å². The lowest BCUT2D eigenvalue weighted by Gasteiger charge is -2.07. The Morgan fingerprint density at radius 1 is 1.67 bits per heavy atom. The minimum absolute atomic E-state index is 0.381. The molecular weight excluding hydrogens is 214 g/mol. The van der Waals surface area contributed by atoms with E-state index in [0.29, 0.717) is 30.9 Å². The lowest BCUT2D eigenvalue weighted by molar-refractivity contribution is 0.151. The molecule has 1 aromatic heterocycles. The maximum absolute atomic E-state index is 4.99. The lowest BCUT2D eigenvalue weighted by atomic mass is 10.2. The normalized spacial score (nSPS) is 21.0. The molecule has 1 aliphatic rings. The zero-order chi connectivity index (χ0) is 10.5. The standard InChI is InChI=1S/C9H15N3O2S/c1-13-5-9-11-8(12-14-9)4-10-7-2-3-15-6-7/h7,10H,2-6H2,1H3/t7-/m0/s1. The fraction of sp³-hybridized carbons (Fsp3) is 0.778. The Morgan fingerprint density at radius 2 is 2.60 bits per heavy atom. The summed E-state index contributed by atoms with van der Waals surface area (Å²) in [5.41, 5.74) is 0. The van der Waals surface area contributed by atoms with E-state index in [4.69, 9.17) is 9.26 Å². The summed E-state index contributed by atoms with van der Waals surface area (Å²) in [4.78, 5) is 4.19. The van der Waals surface area contributed by atoms with Crippen molar-refractivity contribution in [3.8, 4) is 0 Å². The third kappa shape index (κ3) is 3.19. The second kappa shape index (κ2) is 5.48. The van der Waals surface area contributed by atoms with Crippen LogP contribution in [-0.2, 0) is 17.9 Å². The van der Waals surface area contributed by atoms with Gasteiger partial charge >= 0.3 is 0 Å².